The van der Waals surface area contributed by atoms with E-state index in [9.17, 15) is 4.79 Å². The third-order valence-electron chi connectivity index (χ3n) is 6.98. The summed E-state index contributed by atoms with van der Waals surface area (Å²) in [6, 6.07) is 7.80. The van der Waals surface area contributed by atoms with Gasteiger partial charge in [0.2, 0.25) is 5.91 Å². The van der Waals surface area contributed by atoms with Crippen molar-refractivity contribution >= 4 is 11.7 Å². The Hall–Kier alpha value is -2.47. The molecule has 0 aromatic carbocycles. The lowest BCUT2D eigenvalue weighted by Gasteiger charge is -2.35. The van der Waals surface area contributed by atoms with E-state index in [4.69, 9.17) is 10.7 Å². The molecule has 0 bridgehead atoms. The Balaban J connectivity index is 1.44. The van der Waals surface area contributed by atoms with Crippen LogP contribution in [0, 0.1) is 5.92 Å². The van der Waals surface area contributed by atoms with Gasteiger partial charge in [-0.3, -0.25) is 9.78 Å². The average molecular weight is 406 g/mol. The molecular formula is C24H31N5O. The number of nitrogens with zero attached hydrogens (tertiary/aromatic N) is 3. The molecule has 2 aromatic rings. The number of hydrogen-bond acceptors (Lipinski definition) is 5. The number of amides is 1. The van der Waals surface area contributed by atoms with Crippen molar-refractivity contribution in [1.82, 2.24) is 15.3 Å². The molecule has 3 heterocycles. The number of carbonyl (C=O) groups excluding carboxylic acids is 1. The fourth-order valence-corrected chi connectivity index (χ4v) is 5.04. The van der Waals surface area contributed by atoms with Crippen molar-refractivity contribution in [3.05, 3.63) is 41.7 Å². The van der Waals surface area contributed by atoms with E-state index in [-0.39, 0.29) is 5.54 Å². The Morgan fingerprint density at radius 3 is 2.80 bits per heavy atom. The first-order valence-electron chi connectivity index (χ1n) is 11.4. The minimum absolute atomic E-state index is 0.243. The van der Waals surface area contributed by atoms with Crippen LogP contribution in [0.5, 0.6) is 0 Å². The number of aromatic nitrogens is 2. The summed E-state index contributed by atoms with van der Waals surface area (Å²) < 4.78 is 0. The molecule has 0 unspecified atom stereocenters. The summed E-state index contributed by atoms with van der Waals surface area (Å²) in [5.74, 6) is 1.17. The molecular weight excluding hydrogens is 374 g/mol. The van der Waals surface area contributed by atoms with Crippen molar-refractivity contribution in [3.8, 4) is 11.3 Å². The van der Waals surface area contributed by atoms with Crippen LogP contribution in [0.25, 0.3) is 11.3 Å². The standard InChI is InChI=1S/C24H31N5O/c25-23(30)19-14-21(28-22(15-19)29-11-10-27-24(16-29)7-8-24)18-6-9-26-20(13-18)12-17-4-2-1-3-5-17/h6,9,13-15,17,27H,1-5,7-8,10-12,16H2,(H2,25,30). The summed E-state index contributed by atoms with van der Waals surface area (Å²) in [7, 11) is 0. The first-order valence-corrected chi connectivity index (χ1v) is 11.4. The maximum atomic E-state index is 12.0. The third kappa shape index (κ3) is 4.19. The van der Waals surface area contributed by atoms with Crippen molar-refractivity contribution in [2.24, 2.45) is 11.7 Å². The summed E-state index contributed by atoms with van der Waals surface area (Å²) in [6.07, 6.45) is 12.0. The minimum Gasteiger partial charge on any atom is -0.366 e. The number of nitrogens with one attached hydrogen (secondary N) is 1. The quantitative estimate of drug-likeness (QED) is 0.797. The molecule has 1 amide bonds. The smallest absolute Gasteiger partial charge is 0.248 e. The molecule has 1 spiro atoms. The van der Waals surface area contributed by atoms with Crippen molar-refractivity contribution in [2.45, 2.75) is 56.9 Å². The zero-order valence-corrected chi connectivity index (χ0v) is 17.6. The average Bonchev–Trinajstić information content (AvgIpc) is 3.52. The van der Waals surface area contributed by atoms with Crippen molar-refractivity contribution in [3.63, 3.8) is 0 Å². The van der Waals surface area contributed by atoms with Crippen LogP contribution in [-0.2, 0) is 6.42 Å². The van der Waals surface area contributed by atoms with Gasteiger partial charge in [0.15, 0.2) is 0 Å². The summed E-state index contributed by atoms with van der Waals surface area (Å²) in [5.41, 5.74) is 9.36. The molecule has 30 heavy (non-hydrogen) atoms. The fraction of sp³-hybridized carbons (Fsp3) is 0.542. The highest BCUT2D eigenvalue weighted by atomic mass is 16.1. The summed E-state index contributed by atoms with van der Waals surface area (Å²) in [6.45, 7) is 2.77. The highest BCUT2D eigenvalue weighted by Crippen LogP contribution is 2.39. The van der Waals surface area contributed by atoms with Crippen LogP contribution >= 0.6 is 0 Å². The molecule has 1 aliphatic heterocycles. The Labute approximate surface area is 178 Å². The minimum atomic E-state index is -0.410. The summed E-state index contributed by atoms with van der Waals surface area (Å²) in [4.78, 5) is 23.9. The normalized spacial score (nSPS) is 21.0. The lowest BCUT2D eigenvalue weighted by Crippen LogP contribution is -2.52. The van der Waals surface area contributed by atoms with Gasteiger partial charge in [0.1, 0.15) is 5.82 Å². The van der Waals surface area contributed by atoms with E-state index in [0.29, 0.717) is 5.56 Å². The largest absolute Gasteiger partial charge is 0.366 e. The Morgan fingerprint density at radius 2 is 2.03 bits per heavy atom. The van der Waals surface area contributed by atoms with E-state index in [1.54, 1.807) is 0 Å². The molecule has 0 radical (unpaired) electrons. The SMILES string of the molecule is NC(=O)c1cc(-c2ccnc(CC3CCCCC3)c2)nc(N2CCNC3(CC3)C2)c1. The molecule has 6 heteroatoms. The second kappa shape index (κ2) is 7.99. The van der Waals surface area contributed by atoms with E-state index in [1.807, 2.05) is 24.4 Å². The number of rotatable bonds is 5. The van der Waals surface area contributed by atoms with Gasteiger partial charge in [-0.2, -0.15) is 0 Å². The first kappa shape index (κ1) is 19.5. The van der Waals surface area contributed by atoms with Gasteiger partial charge in [-0.15, -0.1) is 0 Å². The van der Waals surface area contributed by atoms with Gasteiger partial charge in [-0.25, -0.2) is 4.98 Å². The highest BCUT2D eigenvalue weighted by molar-refractivity contribution is 5.94. The molecule has 158 valence electrons. The second-order valence-corrected chi connectivity index (χ2v) is 9.34. The second-order valence-electron chi connectivity index (χ2n) is 9.34. The number of carbonyl (C=O) groups is 1. The van der Waals surface area contributed by atoms with Crippen LogP contribution < -0.4 is 16.0 Å². The van der Waals surface area contributed by atoms with E-state index in [0.717, 1.165) is 54.7 Å². The van der Waals surface area contributed by atoms with E-state index < -0.39 is 5.91 Å². The number of anilines is 1. The summed E-state index contributed by atoms with van der Waals surface area (Å²) in [5, 5.41) is 3.63. The Kier molecular flexibility index (Phi) is 5.19. The molecule has 0 atom stereocenters. The molecule has 1 saturated heterocycles. The maximum Gasteiger partial charge on any atom is 0.248 e. The molecule has 2 aliphatic carbocycles. The molecule has 2 saturated carbocycles. The van der Waals surface area contributed by atoms with Gasteiger partial charge < -0.3 is 16.0 Å². The van der Waals surface area contributed by atoms with Crippen molar-refractivity contribution in [1.29, 1.82) is 0 Å². The number of piperazine rings is 1. The van der Waals surface area contributed by atoms with Gasteiger partial charge in [-0.1, -0.05) is 32.1 Å². The Morgan fingerprint density at radius 1 is 1.20 bits per heavy atom. The zero-order valence-electron chi connectivity index (χ0n) is 17.6. The van der Waals surface area contributed by atoms with Crippen LogP contribution in [0.15, 0.2) is 30.5 Å². The van der Waals surface area contributed by atoms with E-state index in [1.165, 1.54) is 44.9 Å². The van der Waals surface area contributed by atoms with E-state index >= 15 is 0 Å². The number of primary amides is 1. The monoisotopic (exact) mass is 405 g/mol. The van der Waals surface area contributed by atoms with Crippen molar-refractivity contribution < 1.29 is 4.79 Å². The molecule has 3 N–H and O–H groups in total. The Bertz CT molecular complexity index is 933. The number of nitrogens with two attached hydrogens (primary N) is 1. The molecule has 2 aromatic heterocycles. The van der Waals surface area contributed by atoms with Gasteiger partial charge >= 0.3 is 0 Å². The lowest BCUT2D eigenvalue weighted by atomic mass is 9.86. The van der Waals surface area contributed by atoms with Crippen LogP contribution in [0.3, 0.4) is 0 Å². The number of hydrogen-bond donors (Lipinski definition) is 2. The van der Waals surface area contributed by atoms with Gasteiger partial charge in [0, 0.05) is 48.2 Å². The maximum absolute atomic E-state index is 12.0. The third-order valence-corrected chi connectivity index (χ3v) is 6.98. The van der Waals surface area contributed by atoms with Crippen LogP contribution in [0.2, 0.25) is 0 Å². The zero-order chi connectivity index (χ0) is 20.6. The van der Waals surface area contributed by atoms with Gasteiger partial charge in [0.25, 0.3) is 0 Å². The summed E-state index contributed by atoms with van der Waals surface area (Å²) >= 11 is 0. The van der Waals surface area contributed by atoms with Crippen LogP contribution in [-0.4, -0.2) is 41.0 Å². The number of pyridine rings is 2. The van der Waals surface area contributed by atoms with E-state index in [2.05, 4.69) is 21.3 Å². The lowest BCUT2D eigenvalue weighted by molar-refractivity contribution is 0.1000. The van der Waals surface area contributed by atoms with Crippen LogP contribution in [0.4, 0.5) is 5.82 Å². The first-order chi connectivity index (χ1) is 14.6. The van der Waals surface area contributed by atoms with Gasteiger partial charge in [-0.05, 0) is 49.4 Å². The fourth-order valence-electron chi connectivity index (χ4n) is 5.04. The predicted molar refractivity (Wildman–Crippen MR) is 118 cm³/mol. The predicted octanol–water partition coefficient (Wildman–Crippen LogP) is 3.31. The molecule has 3 fully saturated rings. The highest BCUT2D eigenvalue weighted by Gasteiger charge is 2.45. The molecule has 6 nitrogen and oxygen atoms in total. The van der Waals surface area contributed by atoms with Gasteiger partial charge in [0.05, 0.1) is 5.69 Å². The van der Waals surface area contributed by atoms with Crippen LogP contribution in [0.1, 0.15) is 61.0 Å². The van der Waals surface area contributed by atoms with Crippen molar-refractivity contribution in [2.75, 3.05) is 24.5 Å². The molecule has 3 aliphatic rings. The molecule has 5 rings (SSSR count). The topological polar surface area (TPSA) is 84.1 Å².